The van der Waals surface area contributed by atoms with Crippen molar-refractivity contribution >= 4 is 46.9 Å². The summed E-state index contributed by atoms with van der Waals surface area (Å²) in [5.74, 6) is -0.345. The predicted octanol–water partition coefficient (Wildman–Crippen LogP) is 5.07. The molecule has 3 rings (SSSR count). The van der Waals surface area contributed by atoms with Gasteiger partial charge in [-0.2, -0.15) is 5.10 Å². The second-order valence-corrected chi connectivity index (χ2v) is 8.74. The number of nitro groups is 1. The van der Waals surface area contributed by atoms with Crippen molar-refractivity contribution in [2.75, 3.05) is 7.11 Å². The molecule has 36 heavy (non-hydrogen) atoms. The summed E-state index contributed by atoms with van der Waals surface area (Å²) in [5.41, 5.74) is 2.97. The Morgan fingerprint density at radius 3 is 2.53 bits per heavy atom. The Bertz CT molecular complexity index is 1320. The maximum absolute atomic E-state index is 12.7. The Morgan fingerprint density at radius 2 is 1.89 bits per heavy atom. The van der Waals surface area contributed by atoms with E-state index in [2.05, 4.69) is 15.8 Å². The SMILES string of the molecule is COc1cc([N+](=O)[O-])ccc1-c1ccc(/C=N/NC(=O)C(NC(=O)c2ccc(Cl)cc2Cl)C(C)C)o1. The molecule has 0 saturated carbocycles. The van der Waals surface area contributed by atoms with Gasteiger partial charge in [-0.15, -0.1) is 0 Å². The number of rotatable bonds is 9. The fraction of sp³-hybridized carbons (Fsp3) is 0.208. The highest BCUT2D eigenvalue weighted by Crippen LogP contribution is 2.34. The number of carbonyl (C=O) groups excluding carboxylic acids is 2. The van der Waals surface area contributed by atoms with E-state index in [0.717, 1.165) is 0 Å². The first kappa shape index (κ1) is 26.7. The summed E-state index contributed by atoms with van der Waals surface area (Å²) in [6.45, 7) is 3.54. The molecular formula is C24H22Cl2N4O6. The lowest BCUT2D eigenvalue weighted by Gasteiger charge is -2.20. The molecule has 0 aliphatic heterocycles. The molecule has 3 aromatic rings. The molecule has 1 atom stereocenters. The first-order chi connectivity index (χ1) is 17.1. The summed E-state index contributed by atoms with van der Waals surface area (Å²) in [6.07, 6.45) is 1.29. The van der Waals surface area contributed by atoms with Gasteiger partial charge in [0.25, 0.3) is 17.5 Å². The van der Waals surface area contributed by atoms with Gasteiger partial charge < -0.3 is 14.5 Å². The third-order valence-corrected chi connectivity index (χ3v) is 5.61. The van der Waals surface area contributed by atoms with Crippen LogP contribution >= 0.6 is 23.2 Å². The lowest BCUT2D eigenvalue weighted by molar-refractivity contribution is -0.384. The fourth-order valence-electron chi connectivity index (χ4n) is 3.22. The molecule has 12 heteroatoms. The van der Waals surface area contributed by atoms with Gasteiger partial charge in [-0.3, -0.25) is 19.7 Å². The first-order valence-corrected chi connectivity index (χ1v) is 11.4. The number of nitrogens with one attached hydrogen (secondary N) is 2. The van der Waals surface area contributed by atoms with Crippen LogP contribution in [0.3, 0.4) is 0 Å². The number of ether oxygens (including phenoxy) is 1. The summed E-state index contributed by atoms with van der Waals surface area (Å²) in [7, 11) is 1.40. The van der Waals surface area contributed by atoms with Crippen LogP contribution in [0.15, 0.2) is 58.0 Å². The van der Waals surface area contributed by atoms with Crippen LogP contribution in [0.4, 0.5) is 5.69 Å². The van der Waals surface area contributed by atoms with E-state index in [1.165, 1.54) is 49.7 Å². The van der Waals surface area contributed by atoms with Gasteiger partial charge in [-0.05, 0) is 42.3 Å². The number of hydrogen-bond donors (Lipinski definition) is 2. The van der Waals surface area contributed by atoms with Crippen molar-refractivity contribution in [3.63, 3.8) is 0 Å². The molecule has 0 fully saturated rings. The molecule has 2 aromatic carbocycles. The van der Waals surface area contributed by atoms with Gasteiger partial charge in [0.2, 0.25) is 0 Å². The zero-order valence-electron chi connectivity index (χ0n) is 19.5. The topological polar surface area (TPSA) is 136 Å². The molecule has 0 bridgehead atoms. The van der Waals surface area contributed by atoms with Gasteiger partial charge >= 0.3 is 0 Å². The molecule has 0 aliphatic carbocycles. The number of benzene rings is 2. The highest BCUT2D eigenvalue weighted by atomic mass is 35.5. The molecule has 0 aliphatic rings. The van der Waals surface area contributed by atoms with Crippen molar-refractivity contribution in [1.29, 1.82) is 0 Å². The Kier molecular flexibility index (Phi) is 8.68. The molecule has 10 nitrogen and oxygen atoms in total. The van der Waals surface area contributed by atoms with Gasteiger partial charge in [0, 0.05) is 11.1 Å². The lowest BCUT2D eigenvalue weighted by atomic mass is 10.0. The average molecular weight is 533 g/mol. The van der Waals surface area contributed by atoms with Crippen molar-refractivity contribution < 1.29 is 23.7 Å². The zero-order chi connectivity index (χ0) is 26.4. The van der Waals surface area contributed by atoms with E-state index >= 15 is 0 Å². The van der Waals surface area contributed by atoms with Crippen LogP contribution in [-0.2, 0) is 4.79 Å². The predicted molar refractivity (Wildman–Crippen MR) is 136 cm³/mol. The van der Waals surface area contributed by atoms with Crippen LogP contribution < -0.4 is 15.5 Å². The van der Waals surface area contributed by atoms with Crippen LogP contribution in [0.5, 0.6) is 5.75 Å². The Balaban J connectivity index is 1.68. The van der Waals surface area contributed by atoms with Crippen LogP contribution in [0, 0.1) is 16.0 Å². The Hall–Kier alpha value is -3.89. The molecule has 0 saturated heterocycles. The van der Waals surface area contributed by atoms with Crippen molar-refractivity contribution in [3.8, 4) is 17.1 Å². The van der Waals surface area contributed by atoms with E-state index in [0.29, 0.717) is 22.1 Å². The second kappa shape index (κ2) is 11.7. The summed E-state index contributed by atoms with van der Waals surface area (Å²) in [4.78, 5) is 35.8. The minimum absolute atomic E-state index is 0.114. The highest BCUT2D eigenvalue weighted by Gasteiger charge is 2.25. The molecule has 1 aromatic heterocycles. The fourth-order valence-corrected chi connectivity index (χ4v) is 3.71. The maximum Gasteiger partial charge on any atom is 0.273 e. The summed E-state index contributed by atoms with van der Waals surface area (Å²) < 4.78 is 10.9. The zero-order valence-corrected chi connectivity index (χ0v) is 21.0. The van der Waals surface area contributed by atoms with E-state index in [9.17, 15) is 19.7 Å². The van der Waals surface area contributed by atoms with E-state index in [1.807, 2.05) is 0 Å². The van der Waals surface area contributed by atoms with Gasteiger partial charge in [0.05, 0.1) is 40.5 Å². The number of nitrogens with zero attached hydrogens (tertiary/aromatic N) is 2. The smallest absolute Gasteiger partial charge is 0.273 e. The Morgan fingerprint density at radius 1 is 1.14 bits per heavy atom. The number of halogens is 2. The van der Waals surface area contributed by atoms with Gasteiger partial charge in [-0.1, -0.05) is 37.0 Å². The van der Waals surface area contributed by atoms with Crippen molar-refractivity contribution in [2.45, 2.75) is 19.9 Å². The normalized spacial score (nSPS) is 11.9. The van der Waals surface area contributed by atoms with E-state index in [4.69, 9.17) is 32.4 Å². The van der Waals surface area contributed by atoms with Gasteiger partial charge in [0.1, 0.15) is 23.3 Å². The quantitative estimate of drug-likeness (QED) is 0.224. The van der Waals surface area contributed by atoms with E-state index in [1.54, 1.807) is 26.0 Å². The molecule has 0 radical (unpaired) electrons. The number of furan rings is 1. The Labute approximate surface area is 216 Å². The number of amides is 2. The molecule has 2 N–H and O–H groups in total. The molecule has 2 amide bonds. The first-order valence-electron chi connectivity index (χ1n) is 10.6. The van der Waals surface area contributed by atoms with Crippen LogP contribution in [0.25, 0.3) is 11.3 Å². The largest absolute Gasteiger partial charge is 0.496 e. The third-order valence-electron chi connectivity index (χ3n) is 5.07. The number of hydrogen-bond acceptors (Lipinski definition) is 7. The number of methoxy groups -OCH3 is 1. The number of hydrazone groups is 1. The van der Waals surface area contributed by atoms with Crippen molar-refractivity contribution in [3.05, 3.63) is 80.0 Å². The molecular weight excluding hydrogens is 511 g/mol. The number of non-ortho nitro benzene ring substituents is 1. The van der Waals surface area contributed by atoms with Crippen molar-refractivity contribution in [2.24, 2.45) is 11.0 Å². The van der Waals surface area contributed by atoms with Gasteiger partial charge in [0.15, 0.2) is 0 Å². The van der Waals surface area contributed by atoms with Gasteiger partial charge in [-0.25, -0.2) is 5.43 Å². The van der Waals surface area contributed by atoms with Crippen LogP contribution in [0.1, 0.15) is 30.0 Å². The summed E-state index contributed by atoms with van der Waals surface area (Å²) >= 11 is 12.0. The minimum Gasteiger partial charge on any atom is -0.496 e. The van der Waals surface area contributed by atoms with Crippen molar-refractivity contribution in [1.82, 2.24) is 10.7 Å². The summed E-state index contributed by atoms with van der Waals surface area (Å²) in [6, 6.07) is 10.9. The molecule has 1 unspecified atom stereocenters. The highest BCUT2D eigenvalue weighted by molar-refractivity contribution is 6.36. The second-order valence-electron chi connectivity index (χ2n) is 7.90. The third kappa shape index (κ3) is 6.41. The van der Waals surface area contributed by atoms with Crippen LogP contribution in [0.2, 0.25) is 10.0 Å². The lowest BCUT2D eigenvalue weighted by Crippen LogP contribution is -2.48. The van der Waals surface area contributed by atoms with E-state index in [-0.39, 0.29) is 27.9 Å². The van der Waals surface area contributed by atoms with Crippen LogP contribution in [-0.4, -0.2) is 36.1 Å². The minimum atomic E-state index is -0.891. The maximum atomic E-state index is 12.7. The summed E-state index contributed by atoms with van der Waals surface area (Å²) in [5, 5.41) is 18.1. The molecule has 1 heterocycles. The average Bonchev–Trinajstić information content (AvgIpc) is 3.30. The monoisotopic (exact) mass is 532 g/mol. The number of nitro benzene ring substituents is 1. The van der Waals surface area contributed by atoms with E-state index < -0.39 is 22.8 Å². The molecule has 188 valence electrons. The molecule has 0 spiro atoms. The standard InChI is InChI=1S/C24H22Cl2N4O6/c1-13(2)22(28-23(31)17-7-4-14(25)10-19(17)26)24(32)29-27-12-16-6-9-20(36-16)18-8-5-15(30(33)34)11-21(18)35-3/h4-13,22H,1-3H3,(H,28,31)(H,29,32)/b27-12+. The number of carbonyl (C=O) groups is 2.